The summed E-state index contributed by atoms with van der Waals surface area (Å²) in [7, 11) is 1.49. The van der Waals surface area contributed by atoms with Crippen LogP contribution < -0.4 is 15.4 Å². The Morgan fingerprint density at radius 3 is 2.63 bits per heavy atom. The summed E-state index contributed by atoms with van der Waals surface area (Å²) in [5.74, 6) is -0.976. The summed E-state index contributed by atoms with van der Waals surface area (Å²) >= 11 is 0. The van der Waals surface area contributed by atoms with Gasteiger partial charge in [-0.05, 0) is 44.7 Å². The van der Waals surface area contributed by atoms with Gasteiger partial charge in [0.1, 0.15) is 23.9 Å². The minimum Gasteiger partial charge on any atom is -0.496 e. The van der Waals surface area contributed by atoms with Crippen LogP contribution in [-0.4, -0.2) is 72.8 Å². The Labute approximate surface area is 204 Å². The lowest BCUT2D eigenvalue weighted by Crippen LogP contribution is -2.57. The van der Waals surface area contributed by atoms with E-state index in [2.05, 4.69) is 10.6 Å². The van der Waals surface area contributed by atoms with E-state index in [1.54, 1.807) is 36.1 Å². The van der Waals surface area contributed by atoms with Crippen LogP contribution in [-0.2, 0) is 23.9 Å². The molecule has 5 atom stereocenters. The van der Waals surface area contributed by atoms with Gasteiger partial charge in [0.25, 0.3) is 5.91 Å². The summed E-state index contributed by atoms with van der Waals surface area (Å²) in [5.41, 5.74) is 0.352. The maximum atomic E-state index is 13.7. The number of cyclic esters (lactones) is 1. The summed E-state index contributed by atoms with van der Waals surface area (Å²) in [6.45, 7) is 2.12. The van der Waals surface area contributed by atoms with Crippen LogP contribution in [0.1, 0.15) is 62.2 Å². The molecule has 3 amide bonds. The molecule has 0 spiro atoms. The number of fused-ring (bicyclic) bond motifs is 1. The van der Waals surface area contributed by atoms with Gasteiger partial charge in [0, 0.05) is 12.6 Å². The summed E-state index contributed by atoms with van der Waals surface area (Å²) in [5, 5.41) is 5.74. The van der Waals surface area contributed by atoms with E-state index in [1.807, 2.05) is 0 Å². The van der Waals surface area contributed by atoms with Crippen molar-refractivity contribution in [2.24, 2.45) is 0 Å². The van der Waals surface area contributed by atoms with Gasteiger partial charge in [0.15, 0.2) is 0 Å². The van der Waals surface area contributed by atoms with E-state index in [0.29, 0.717) is 37.2 Å². The maximum Gasteiger partial charge on any atom is 0.310 e. The van der Waals surface area contributed by atoms with Crippen LogP contribution in [0.4, 0.5) is 0 Å². The molecular formula is C25H33N3O7. The van der Waals surface area contributed by atoms with Gasteiger partial charge in [-0.3, -0.25) is 19.2 Å². The smallest absolute Gasteiger partial charge is 0.310 e. The van der Waals surface area contributed by atoms with Crippen molar-refractivity contribution in [1.29, 1.82) is 0 Å². The third-order valence-electron chi connectivity index (χ3n) is 6.92. The predicted octanol–water partition coefficient (Wildman–Crippen LogP) is 1.52. The third-order valence-corrected chi connectivity index (χ3v) is 6.92. The maximum absolute atomic E-state index is 13.7. The fourth-order valence-corrected chi connectivity index (χ4v) is 5.24. The number of hydrogen-bond donors (Lipinski definition) is 2. The van der Waals surface area contributed by atoms with Crippen molar-refractivity contribution in [3.05, 3.63) is 29.8 Å². The highest BCUT2D eigenvalue weighted by molar-refractivity contribution is 6.00. The molecule has 2 N–H and O–H groups in total. The number of benzene rings is 1. The number of nitrogens with one attached hydrogen (secondary N) is 2. The number of para-hydroxylation sites is 1. The molecule has 2 unspecified atom stereocenters. The molecular weight excluding hydrogens is 454 g/mol. The average Bonchev–Trinajstić information content (AvgIpc) is 3.42. The number of ether oxygens (including phenoxy) is 3. The van der Waals surface area contributed by atoms with Gasteiger partial charge in [-0.1, -0.05) is 25.0 Å². The van der Waals surface area contributed by atoms with E-state index in [9.17, 15) is 19.2 Å². The van der Waals surface area contributed by atoms with Crippen molar-refractivity contribution in [3.63, 3.8) is 0 Å². The largest absolute Gasteiger partial charge is 0.496 e. The monoisotopic (exact) mass is 487 g/mol. The van der Waals surface area contributed by atoms with E-state index in [0.717, 1.165) is 19.3 Å². The molecule has 3 aliphatic heterocycles. The minimum atomic E-state index is -0.829. The van der Waals surface area contributed by atoms with Crippen molar-refractivity contribution >= 4 is 23.7 Å². The first-order valence-electron chi connectivity index (χ1n) is 12.3. The van der Waals surface area contributed by atoms with Crippen LogP contribution in [0.25, 0.3) is 0 Å². The second kappa shape index (κ2) is 11.1. The highest BCUT2D eigenvalue weighted by Crippen LogP contribution is 2.32. The number of rotatable bonds is 7. The van der Waals surface area contributed by atoms with Crippen molar-refractivity contribution < 1.29 is 33.4 Å². The van der Waals surface area contributed by atoms with Crippen LogP contribution in [0.3, 0.4) is 0 Å². The third kappa shape index (κ3) is 5.42. The standard InChI is InChI=1S/C25H33N3O7/c1-3-34-25-18(14-21(29)35-25)27-23(31)19-13-12-15-8-4-6-10-17(24(32)28(15)19)26-22(30)16-9-5-7-11-20(16)33-2/h5,7,9,11,15,17-19,25H,3-4,6,8,10,12-14H2,1-2H3,(H,26,30)(H,27,31)/t15-,17-,18?,19-,25?/m0/s1. The van der Waals surface area contributed by atoms with E-state index in [4.69, 9.17) is 14.2 Å². The minimum absolute atomic E-state index is 0.0259. The number of nitrogens with zero attached hydrogens (tertiary/aromatic N) is 1. The van der Waals surface area contributed by atoms with Crippen LogP contribution in [0.15, 0.2) is 24.3 Å². The first-order valence-corrected chi connectivity index (χ1v) is 12.3. The summed E-state index contributed by atoms with van der Waals surface area (Å²) < 4.78 is 15.9. The molecule has 3 heterocycles. The lowest BCUT2D eigenvalue weighted by molar-refractivity contribution is -0.164. The average molecular weight is 488 g/mol. The number of amides is 3. The molecule has 1 aromatic carbocycles. The Morgan fingerprint density at radius 2 is 1.86 bits per heavy atom. The van der Waals surface area contributed by atoms with Crippen molar-refractivity contribution in [1.82, 2.24) is 15.5 Å². The molecule has 10 nitrogen and oxygen atoms in total. The molecule has 35 heavy (non-hydrogen) atoms. The van der Waals surface area contributed by atoms with E-state index in [-0.39, 0.29) is 30.2 Å². The summed E-state index contributed by atoms with van der Waals surface area (Å²) in [6.07, 6.45) is 3.46. The highest BCUT2D eigenvalue weighted by atomic mass is 16.7. The predicted molar refractivity (Wildman–Crippen MR) is 124 cm³/mol. The van der Waals surface area contributed by atoms with Crippen molar-refractivity contribution in [3.8, 4) is 5.75 Å². The highest BCUT2D eigenvalue weighted by Gasteiger charge is 2.46. The topological polar surface area (TPSA) is 123 Å². The first-order chi connectivity index (χ1) is 16.9. The Balaban J connectivity index is 1.48. The van der Waals surface area contributed by atoms with Crippen LogP contribution in [0.5, 0.6) is 5.75 Å². The number of carbonyl (C=O) groups excluding carboxylic acids is 4. The van der Waals surface area contributed by atoms with Gasteiger partial charge in [-0.2, -0.15) is 0 Å². The SMILES string of the molecule is CCOC1OC(=O)CC1NC(=O)[C@@H]1CC[C@@H]2CCCC[C@H](NC(=O)c3ccccc3OC)C(=O)N21. The van der Waals surface area contributed by atoms with Gasteiger partial charge >= 0.3 is 5.97 Å². The molecule has 0 bridgehead atoms. The molecule has 3 saturated heterocycles. The second-order valence-electron chi connectivity index (χ2n) is 9.14. The zero-order valence-electron chi connectivity index (χ0n) is 20.2. The molecule has 0 radical (unpaired) electrons. The lowest BCUT2D eigenvalue weighted by Gasteiger charge is -2.35. The molecule has 1 aromatic rings. The Bertz CT molecular complexity index is 968. The molecule has 3 fully saturated rings. The van der Waals surface area contributed by atoms with E-state index >= 15 is 0 Å². The molecule has 0 aliphatic carbocycles. The number of carbonyl (C=O) groups is 4. The summed E-state index contributed by atoms with van der Waals surface area (Å²) in [6, 6.07) is 4.78. The van der Waals surface area contributed by atoms with Gasteiger partial charge < -0.3 is 29.7 Å². The van der Waals surface area contributed by atoms with Crippen molar-refractivity contribution in [2.75, 3.05) is 13.7 Å². The second-order valence-corrected chi connectivity index (χ2v) is 9.14. The Hall–Kier alpha value is -3.14. The Morgan fingerprint density at radius 1 is 1.09 bits per heavy atom. The van der Waals surface area contributed by atoms with Crippen LogP contribution in [0, 0.1) is 0 Å². The number of methoxy groups -OCH3 is 1. The lowest BCUT2D eigenvalue weighted by atomic mass is 9.98. The number of hydrogen-bond acceptors (Lipinski definition) is 7. The zero-order chi connectivity index (χ0) is 24.9. The zero-order valence-corrected chi connectivity index (χ0v) is 20.2. The quantitative estimate of drug-likeness (QED) is 0.559. The van der Waals surface area contributed by atoms with Crippen LogP contribution in [0.2, 0.25) is 0 Å². The van der Waals surface area contributed by atoms with E-state index in [1.165, 1.54) is 7.11 Å². The normalized spacial score (nSPS) is 28.5. The van der Waals surface area contributed by atoms with Gasteiger partial charge in [-0.25, -0.2) is 0 Å². The fourth-order valence-electron chi connectivity index (χ4n) is 5.24. The number of esters is 1. The molecule has 10 heteroatoms. The molecule has 190 valence electrons. The van der Waals surface area contributed by atoms with E-state index < -0.39 is 30.4 Å². The molecule has 0 aromatic heterocycles. The molecule has 4 rings (SSSR count). The fraction of sp³-hybridized carbons (Fsp3) is 0.600. The first kappa shape index (κ1) is 25.0. The Kier molecular flexibility index (Phi) is 7.90. The summed E-state index contributed by atoms with van der Waals surface area (Å²) in [4.78, 5) is 53.3. The van der Waals surface area contributed by atoms with Crippen molar-refractivity contribution in [2.45, 2.75) is 82.3 Å². The molecule has 3 aliphatic rings. The van der Waals surface area contributed by atoms with Crippen LogP contribution >= 0.6 is 0 Å². The molecule has 0 saturated carbocycles. The van der Waals surface area contributed by atoms with Gasteiger partial charge in [-0.15, -0.1) is 0 Å². The van der Waals surface area contributed by atoms with Gasteiger partial charge in [0.05, 0.1) is 19.1 Å². The van der Waals surface area contributed by atoms with Gasteiger partial charge in [0.2, 0.25) is 18.1 Å².